The molecule has 7 heteroatoms. The number of ether oxygens (including phenoxy) is 5. The maximum absolute atomic E-state index is 14.3. The Morgan fingerprint density at radius 1 is 1.17 bits per heavy atom. The highest BCUT2D eigenvalue weighted by Gasteiger charge is 2.90. The van der Waals surface area contributed by atoms with Crippen LogP contribution in [0.3, 0.4) is 0 Å². The Labute approximate surface area is 207 Å². The second-order valence-corrected chi connectivity index (χ2v) is 13.1. The number of aliphatic hydroxyl groups excluding tert-OH is 1. The molecule has 8 rings (SSSR count). The fraction of sp³-hybridized carbons (Fsp3) is 0.821. The lowest BCUT2D eigenvalue weighted by atomic mass is 9.36. The molecule has 3 saturated heterocycles. The third kappa shape index (κ3) is 2.31. The van der Waals surface area contributed by atoms with E-state index in [1.165, 1.54) is 5.57 Å². The van der Waals surface area contributed by atoms with Crippen LogP contribution in [0.5, 0.6) is 0 Å². The van der Waals surface area contributed by atoms with Crippen LogP contribution in [0.2, 0.25) is 0 Å². The Kier molecular flexibility index (Phi) is 4.32. The molecule has 0 aromatic rings. The minimum absolute atomic E-state index is 0.0511. The summed E-state index contributed by atoms with van der Waals surface area (Å²) in [5.74, 6) is -2.01. The molecular weight excluding hydrogens is 448 g/mol. The SMILES string of the molecule is C=C1C(=O)C23C4OC(C)(C)OC25OCC2(C6=C(CCC(OCC)O6)CC(C)(C)C2C5O)C3CCC14. The van der Waals surface area contributed by atoms with E-state index in [4.69, 9.17) is 23.7 Å². The van der Waals surface area contributed by atoms with Gasteiger partial charge in [0.1, 0.15) is 17.3 Å². The van der Waals surface area contributed by atoms with E-state index in [0.717, 1.165) is 37.9 Å². The van der Waals surface area contributed by atoms with E-state index in [1.807, 2.05) is 20.8 Å². The van der Waals surface area contributed by atoms with Gasteiger partial charge in [0.15, 0.2) is 17.9 Å². The molecule has 0 radical (unpaired) electrons. The molecule has 1 N–H and O–H groups in total. The van der Waals surface area contributed by atoms with Crippen molar-refractivity contribution in [1.82, 2.24) is 0 Å². The molecule has 9 atom stereocenters. The first-order chi connectivity index (χ1) is 16.5. The lowest BCUT2D eigenvalue weighted by Crippen LogP contribution is -2.87. The van der Waals surface area contributed by atoms with Gasteiger partial charge in [0.2, 0.25) is 5.79 Å². The number of carbonyl (C=O) groups is 1. The number of aliphatic hydroxyl groups is 1. The van der Waals surface area contributed by atoms with Crippen LogP contribution in [-0.2, 0) is 28.5 Å². The zero-order valence-electron chi connectivity index (χ0n) is 21.5. The van der Waals surface area contributed by atoms with Crippen LogP contribution in [0.25, 0.3) is 0 Å². The zero-order chi connectivity index (χ0) is 24.8. The summed E-state index contributed by atoms with van der Waals surface area (Å²) in [5.41, 5.74) is -0.134. The van der Waals surface area contributed by atoms with Gasteiger partial charge in [-0.3, -0.25) is 4.79 Å². The molecule has 6 fully saturated rings. The number of ketones is 1. The van der Waals surface area contributed by atoms with E-state index in [1.54, 1.807) is 0 Å². The van der Waals surface area contributed by atoms with Gasteiger partial charge < -0.3 is 28.8 Å². The van der Waals surface area contributed by atoms with Gasteiger partial charge in [0, 0.05) is 24.9 Å². The van der Waals surface area contributed by atoms with Crippen LogP contribution in [0, 0.1) is 34.0 Å². The average molecular weight is 487 g/mol. The number of fused-ring (bicyclic) bond motifs is 1. The van der Waals surface area contributed by atoms with E-state index < -0.39 is 34.6 Å². The Morgan fingerprint density at radius 3 is 2.69 bits per heavy atom. The predicted octanol–water partition coefficient (Wildman–Crippen LogP) is 3.85. The van der Waals surface area contributed by atoms with Gasteiger partial charge in [-0.2, -0.15) is 0 Å². The van der Waals surface area contributed by atoms with Crippen molar-refractivity contribution < 1.29 is 33.6 Å². The Balaban J connectivity index is 1.51. The lowest BCUT2D eigenvalue weighted by Gasteiger charge is -2.77. The third-order valence-corrected chi connectivity index (χ3v) is 10.6. The van der Waals surface area contributed by atoms with Crippen LogP contribution < -0.4 is 0 Å². The number of rotatable bonds is 2. The highest BCUT2D eigenvalue weighted by atomic mass is 16.8. The molecule has 3 spiro atoms. The molecule has 8 aliphatic rings. The topological polar surface area (TPSA) is 83.5 Å². The molecule has 4 heterocycles. The molecule has 0 amide bonds. The maximum Gasteiger partial charge on any atom is 0.213 e. The molecule has 4 bridgehead atoms. The maximum atomic E-state index is 14.3. The van der Waals surface area contributed by atoms with Gasteiger partial charge in [-0.25, -0.2) is 0 Å². The Bertz CT molecular complexity index is 1060. The van der Waals surface area contributed by atoms with Crippen molar-refractivity contribution in [2.75, 3.05) is 13.2 Å². The van der Waals surface area contributed by atoms with E-state index >= 15 is 0 Å². The van der Waals surface area contributed by atoms with Crippen LogP contribution in [0.4, 0.5) is 0 Å². The first-order valence-corrected chi connectivity index (χ1v) is 13.4. The lowest BCUT2D eigenvalue weighted by molar-refractivity contribution is -0.527. The number of hydrogen-bond donors (Lipinski definition) is 1. The van der Waals surface area contributed by atoms with Gasteiger partial charge in [-0.1, -0.05) is 20.4 Å². The standard InChI is InChI=1S/C28H38O7/c1-7-31-18-11-8-15-12-24(3,4)19-21(30)28-27-17(26(19,13-32-28)22(15)33-18)10-9-16(14(2)20(27)29)23(27)34-25(5,6)35-28/h16-19,21,23,30H,2,7-13H2,1,3-6H3. The van der Waals surface area contributed by atoms with E-state index in [2.05, 4.69) is 20.4 Å². The van der Waals surface area contributed by atoms with Crippen molar-refractivity contribution in [1.29, 1.82) is 0 Å². The first kappa shape index (κ1) is 22.9. The molecule has 7 nitrogen and oxygen atoms in total. The van der Waals surface area contributed by atoms with E-state index in [9.17, 15) is 9.90 Å². The number of Topliss-reactive ketones (excluding diaryl/α,β-unsaturated/α-hetero) is 1. The summed E-state index contributed by atoms with van der Waals surface area (Å²) in [4.78, 5) is 14.3. The van der Waals surface area contributed by atoms with Crippen molar-refractivity contribution in [3.63, 3.8) is 0 Å². The summed E-state index contributed by atoms with van der Waals surface area (Å²) in [7, 11) is 0. The molecule has 35 heavy (non-hydrogen) atoms. The summed E-state index contributed by atoms with van der Waals surface area (Å²) in [6, 6.07) is 0. The molecule has 9 unspecified atom stereocenters. The number of carbonyl (C=O) groups excluding carboxylic acids is 1. The molecule has 0 aromatic heterocycles. The molecule has 3 saturated carbocycles. The normalized spacial score (nSPS) is 52.5. The van der Waals surface area contributed by atoms with Gasteiger partial charge >= 0.3 is 0 Å². The highest BCUT2D eigenvalue weighted by Crippen LogP contribution is 2.80. The highest BCUT2D eigenvalue weighted by molar-refractivity contribution is 6.05. The van der Waals surface area contributed by atoms with E-state index in [-0.39, 0.29) is 35.2 Å². The Morgan fingerprint density at radius 2 is 1.94 bits per heavy atom. The summed E-state index contributed by atoms with van der Waals surface area (Å²) >= 11 is 0. The third-order valence-electron chi connectivity index (χ3n) is 10.6. The summed E-state index contributed by atoms with van der Waals surface area (Å²) in [5, 5.41) is 12.4. The van der Waals surface area contributed by atoms with Gasteiger partial charge in [-0.05, 0) is 68.9 Å². The second kappa shape index (κ2) is 6.60. The fourth-order valence-corrected chi connectivity index (χ4v) is 9.95. The second-order valence-electron chi connectivity index (χ2n) is 13.1. The van der Waals surface area contributed by atoms with Crippen molar-refractivity contribution in [3.05, 3.63) is 23.5 Å². The smallest absolute Gasteiger partial charge is 0.213 e. The van der Waals surface area contributed by atoms with E-state index in [0.29, 0.717) is 18.8 Å². The average Bonchev–Trinajstić information content (AvgIpc) is 2.90. The van der Waals surface area contributed by atoms with Crippen molar-refractivity contribution in [2.24, 2.45) is 34.0 Å². The monoisotopic (exact) mass is 486 g/mol. The van der Waals surface area contributed by atoms with Gasteiger partial charge in [0.25, 0.3) is 0 Å². The van der Waals surface area contributed by atoms with Crippen molar-refractivity contribution in [3.8, 4) is 0 Å². The number of hydrogen-bond acceptors (Lipinski definition) is 7. The fourth-order valence-electron chi connectivity index (χ4n) is 9.95. The van der Waals surface area contributed by atoms with Crippen LogP contribution >= 0.6 is 0 Å². The number of allylic oxidation sites excluding steroid dienone is 1. The van der Waals surface area contributed by atoms with Crippen LogP contribution in [0.15, 0.2) is 23.5 Å². The molecular formula is C28H38O7. The zero-order valence-corrected chi connectivity index (χ0v) is 21.5. The van der Waals surface area contributed by atoms with Crippen molar-refractivity contribution in [2.45, 2.75) is 96.8 Å². The Hall–Kier alpha value is -1.25. The largest absolute Gasteiger partial charge is 0.469 e. The summed E-state index contributed by atoms with van der Waals surface area (Å²) < 4.78 is 32.6. The molecule has 192 valence electrons. The summed E-state index contributed by atoms with van der Waals surface area (Å²) in [6.45, 7) is 15.4. The minimum Gasteiger partial charge on any atom is -0.469 e. The molecule has 4 aliphatic heterocycles. The van der Waals surface area contributed by atoms with Gasteiger partial charge in [-0.15, -0.1) is 0 Å². The van der Waals surface area contributed by atoms with Crippen LogP contribution in [-0.4, -0.2) is 54.2 Å². The first-order valence-electron chi connectivity index (χ1n) is 13.4. The van der Waals surface area contributed by atoms with Crippen molar-refractivity contribution >= 4 is 5.78 Å². The van der Waals surface area contributed by atoms with Crippen LogP contribution in [0.1, 0.15) is 66.7 Å². The molecule has 4 aliphatic carbocycles. The predicted molar refractivity (Wildman–Crippen MR) is 125 cm³/mol. The minimum atomic E-state index is -1.46. The quantitative estimate of drug-likeness (QED) is 0.594. The molecule has 0 aromatic carbocycles. The summed E-state index contributed by atoms with van der Waals surface area (Å²) in [6.07, 6.45) is 2.44. The van der Waals surface area contributed by atoms with Gasteiger partial charge in [0.05, 0.1) is 18.1 Å².